The number of halogens is 1. The number of aromatic nitrogens is 1. The molecular formula is C25H22FN3O4. The summed E-state index contributed by atoms with van der Waals surface area (Å²) in [5.41, 5.74) is 2.78. The number of nitrogens with zero attached hydrogens (tertiary/aromatic N) is 2. The molecule has 0 spiro atoms. The Labute approximate surface area is 190 Å². The molecule has 33 heavy (non-hydrogen) atoms. The predicted molar refractivity (Wildman–Crippen MR) is 122 cm³/mol. The first-order valence-corrected chi connectivity index (χ1v) is 10.4. The number of para-hydroxylation sites is 2. The maximum absolute atomic E-state index is 13.8. The highest BCUT2D eigenvalue weighted by Crippen LogP contribution is 2.31. The molecule has 3 aromatic rings. The minimum absolute atomic E-state index is 0.194. The number of anilines is 1. The van der Waals surface area contributed by atoms with Crippen LogP contribution < -0.4 is 15.0 Å². The van der Waals surface area contributed by atoms with Gasteiger partial charge in [0.1, 0.15) is 17.1 Å². The van der Waals surface area contributed by atoms with Crippen molar-refractivity contribution in [1.82, 2.24) is 9.88 Å². The van der Waals surface area contributed by atoms with Crippen molar-refractivity contribution < 1.29 is 23.5 Å². The van der Waals surface area contributed by atoms with Gasteiger partial charge in [0, 0.05) is 17.1 Å². The average molecular weight is 447 g/mol. The van der Waals surface area contributed by atoms with Crippen molar-refractivity contribution in [2.24, 2.45) is 0 Å². The minimum Gasteiger partial charge on any atom is -0.492 e. The van der Waals surface area contributed by atoms with Gasteiger partial charge in [-0.2, -0.15) is 0 Å². The zero-order valence-electron chi connectivity index (χ0n) is 18.4. The topological polar surface area (TPSA) is 80.6 Å². The van der Waals surface area contributed by atoms with Gasteiger partial charge in [0.05, 0.1) is 12.3 Å². The van der Waals surface area contributed by atoms with Crippen LogP contribution in [0.3, 0.4) is 0 Å². The molecule has 4 rings (SSSR count). The van der Waals surface area contributed by atoms with Crippen LogP contribution in [0.15, 0.2) is 60.2 Å². The van der Waals surface area contributed by atoms with Gasteiger partial charge < -0.3 is 9.30 Å². The van der Waals surface area contributed by atoms with E-state index in [1.165, 1.54) is 18.2 Å². The molecule has 0 unspecified atom stereocenters. The molecule has 0 aliphatic carbocycles. The second-order valence-corrected chi connectivity index (χ2v) is 7.50. The Bertz CT molecular complexity index is 1310. The number of hydrogen-bond donors (Lipinski definition) is 1. The number of amides is 4. The van der Waals surface area contributed by atoms with Gasteiger partial charge in [0.15, 0.2) is 0 Å². The Morgan fingerprint density at radius 3 is 2.52 bits per heavy atom. The molecule has 1 N–H and O–H groups in total. The monoisotopic (exact) mass is 447 g/mol. The van der Waals surface area contributed by atoms with Gasteiger partial charge in [0.25, 0.3) is 11.8 Å². The molecule has 4 amide bonds. The Balaban J connectivity index is 1.77. The van der Waals surface area contributed by atoms with Crippen LogP contribution in [0.1, 0.15) is 23.9 Å². The van der Waals surface area contributed by atoms with Crippen molar-refractivity contribution in [2.45, 2.75) is 20.8 Å². The zero-order valence-corrected chi connectivity index (χ0v) is 18.4. The largest absolute Gasteiger partial charge is 0.492 e. The third-order valence-corrected chi connectivity index (χ3v) is 5.34. The molecule has 1 aliphatic rings. The number of urea groups is 1. The number of imide groups is 2. The highest BCUT2D eigenvalue weighted by atomic mass is 19.1. The first-order chi connectivity index (χ1) is 15.8. The maximum atomic E-state index is 13.8. The summed E-state index contributed by atoms with van der Waals surface area (Å²) in [5, 5.41) is 2.22. The SMILES string of the molecule is CCOc1ccccc1N1C(=O)NC(=O)/C(=C\c2cc(C)n(-c3cccc(F)c3)c2C)C1=O. The molecule has 0 atom stereocenters. The van der Waals surface area contributed by atoms with Crippen molar-refractivity contribution in [1.29, 1.82) is 0 Å². The van der Waals surface area contributed by atoms with Crippen LogP contribution in [0.4, 0.5) is 14.9 Å². The Morgan fingerprint density at radius 2 is 1.79 bits per heavy atom. The Morgan fingerprint density at radius 1 is 1.03 bits per heavy atom. The van der Waals surface area contributed by atoms with E-state index < -0.39 is 17.8 Å². The molecule has 1 fully saturated rings. The van der Waals surface area contributed by atoms with Crippen molar-refractivity contribution in [2.75, 3.05) is 11.5 Å². The van der Waals surface area contributed by atoms with Crippen molar-refractivity contribution in [3.8, 4) is 11.4 Å². The van der Waals surface area contributed by atoms with E-state index in [2.05, 4.69) is 5.32 Å². The first-order valence-electron chi connectivity index (χ1n) is 10.4. The zero-order chi connectivity index (χ0) is 23.7. The van der Waals surface area contributed by atoms with E-state index >= 15 is 0 Å². The van der Waals surface area contributed by atoms with Gasteiger partial charge >= 0.3 is 6.03 Å². The summed E-state index contributed by atoms with van der Waals surface area (Å²) >= 11 is 0. The van der Waals surface area contributed by atoms with Crippen molar-refractivity contribution >= 4 is 29.6 Å². The Kier molecular flexibility index (Phi) is 5.83. The average Bonchev–Trinajstić information content (AvgIpc) is 3.05. The van der Waals surface area contributed by atoms with E-state index in [0.29, 0.717) is 29.3 Å². The number of ether oxygens (including phenoxy) is 1. The van der Waals surface area contributed by atoms with Gasteiger partial charge in [-0.15, -0.1) is 0 Å². The smallest absolute Gasteiger partial charge is 0.336 e. The number of carbonyl (C=O) groups is 3. The number of carbonyl (C=O) groups excluding carboxylic acids is 3. The van der Waals surface area contributed by atoms with Crippen LogP contribution in [0.2, 0.25) is 0 Å². The lowest BCUT2D eigenvalue weighted by atomic mass is 10.1. The van der Waals surface area contributed by atoms with Crippen molar-refractivity contribution in [3.05, 3.63) is 82.9 Å². The normalized spacial score (nSPS) is 15.2. The molecule has 0 bridgehead atoms. The van der Waals surface area contributed by atoms with Gasteiger partial charge in [0.2, 0.25) is 0 Å². The predicted octanol–water partition coefficient (Wildman–Crippen LogP) is 4.30. The summed E-state index contributed by atoms with van der Waals surface area (Å²) in [6.45, 7) is 5.78. The summed E-state index contributed by atoms with van der Waals surface area (Å²) < 4.78 is 21.1. The highest BCUT2D eigenvalue weighted by Gasteiger charge is 2.38. The summed E-state index contributed by atoms with van der Waals surface area (Å²) in [6, 6.07) is 13.7. The first kappa shape index (κ1) is 22.0. The van der Waals surface area contributed by atoms with Crippen LogP contribution in [0.25, 0.3) is 11.8 Å². The fourth-order valence-corrected chi connectivity index (χ4v) is 3.90. The van der Waals surface area contributed by atoms with E-state index in [0.717, 1.165) is 10.6 Å². The fraction of sp³-hybridized carbons (Fsp3) is 0.160. The molecule has 1 aliphatic heterocycles. The molecule has 7 nitrogen and oxygen atoms in total. The van der Waals surface area contributed by atoms with E-state index in [4.69, 9.17) is 4.74 Å². The number of barbiturate groups is 1. The van der Waals surface area contributed by atoms with Crippen molar-refractivity contribution in [3.63, 3.8) is 0 Å². The summed E-state index contributed by atoms with van der Waals surface area (Å²) in [4.78, 5) is 39.3. The lowest BCUT2D eigenvalue weighted by Crippen LogP contribution is -2.54. The maximum Gasteiger partial charge on any atom is 0.336 e. The van der Waals surface area contributed by atoms with Crippen LogP contribution in [-0.4, -0.2) is 29.0 Å². The summed E-state index contributed by atoms with van der Waals surface area (Å²) in [5.74, 6) is -1.57. The van der Waals surface area contributed by atoms with Crippen LogP contribution in [0, 0.1) is 19.7 Å². The van der Waals surface area contributed by atoms with Crippen LogP contribution in [0.5, 0.6) is 5.75 Å². The third kappa shape index (κ3) is 4.03. The molecule has 2 aromatic carbocycles. The molecule has 0 saturated carbocycles. The van der Waals surface area contributed by atoms with E-state index in [1.54, 1.807) is 49.4 Å². The number of hydrogen-bond acceptors (Lipinski definition) is 4. The molecule has 8 heteroatoms. The second kappa shape index (κ2) is 8.74. The lowest BCUT2D eigenvalue weighted by molar-refractivity contribution is -0.122. The van der Waals surface area contributed by atoms with Gasteiger partial charge in [-0.1, -0.05) is 18.2 Å². The molecule has 1 saturated heterocycles. The second-order valence-electron chi connectivity index (χ2n) is 7.50. The van der Waals surface area contributed by atoms with E-state index in [-0.39, 0.29) is 17.1 Å². The molecular weight excluding hydrogens is 425 g/mol. The molecule has 168 valence electrons. The minimum atomic E-state index is -0.848. The number of aryl methyl sites for hydroxylation is 1. The van der Waals surface area contributed by atoms with E-state index in [9.17, 15) is 18.8 Å². The standard InChI is InChI=1S/C25H22FN3O4/c1-4-33-22-11-6-5-10-21(22)29-24(31)20(23(30)27-25(29)32)13-17-12-15(2)28(16(17)3)19-9-7-8-18(26)14-19/h5-14H,4H2,1-3H3,(H,27,30,32)/b20-13+. The quantitative estimate of drug-likeness (QED) is 0.467. The van der Waals surface area contributed by atoms with E-state index in [1.807, 2.05) is 18.4 Å². The van der Waals surface area contributed by atoms with Crippen LogP contribution in [-0.2, 0) is 9.59 Å². The van der Waals surface area contributed by atoms with Gasteiger partial charge in [-0.25, -0.2) is 14.1 Å². The van der Waals surface area contributed by atoms with Gasteiger partial charge in [-0.3, -0.25) is 14.9 Å². The number of nitrogens with one attached hydrogen (secondary N) is 1. The number of benzene rings is 2. The molecule has 1 aromatic heterocycles. The summed E-state index contributed by atoms with van der Waals surface area (Å²) in [7, 11) is 0. The highest BCUT2D eigenvalue weighted by molar-refractivity contribution is 6.39. The van der Waals surface area contributed by atoms with Crippen LogP contribution >= 0.6 is 0 Å². The molecule has 0 radical (unpaired) electrons. The third-order valence-electron chi connectivity index (χ3n) is 5.34. The Hall–Kier alpha value is -4.20. The van der Waals surface area contributed by atoms with Gasteiger partial charge in [-0.05, 0) is 68.8 Å². The lowest BCUT2D eigenvalue weighted by Gasteiger charge is -2.27. The summed E-state index contributed by atoms with van der Waals surface area (Å²) in [6.07, 6.45) is 1.44. The number of rotatable bonds is 5. The fourth-order valence-electron chi connectivity index (χ4n) is 3.90. The molecule has 2 heterocycles.